The third kappa shape index (κ3) is 8.63. The quantitative estimate of drug-likeness (QED) is 0.142. The Bertz CT molecular complexity index is 4110. The van der Waals surface area contributed by atoms with E-state index >= 15 is 0 Å². The monoisotopic (exact) mass is 1050 g/mol. The first-order valence-electron chi connectivity index (χ1n) is 29.2. The van der Waals surface area contributed by atoms with Gasteiger partial charge in [-0.2, -0.15) is 0 Å². The molecule has 0 aliphatic rings. The lowest BCUT2D eigenvalue weighted by atomic mass is 9.79. The van der Waals surface area contributed by atoms with Gasteiger partial charge in [0.25, 0.3) is 0 Å². The second-order valence-electron chi connectivity index (χ2n) is 28.0. The number of aryl methyl sites for hydroxylation is 2. The fourth-order valence-corrected chi connectivity index (χ4v) is 12.6. The van der Waals surface area contributed by atoms with Crippen LogP contribution in [0.2, 0.25) is 0 Å². The van der Waals surface area contributed by atoms with Crippen LogP contribution in [0.25, 0.3) is 76.2 Å². The highest BCUT2D eigenvalue weighted by molar-refractivity contribution is 6.30. The number of benzene rings is 10. The van der Waals surface area contributed by atoms with Crippen LogP contribution in [0.15, 0.2) is 154 Å². The highest BCUT2D eigenvalue weighted by Gasteiger charge is 2.32. The van der Waals surface area contributed by atoms with Gasteiger partial charge in [0, 0.05) is 54.8 Å². The van der Waals surface area contributed by atoms with E-state index in [1.807, 2.05) is 0 Å². The van der Waals surface area contributed by atoms with Crippen LogP contribution in [0.3, 0.4) is 0 Å². The first-order chi connectivity index (χ1) is 37.7. The molecule has 2 aromatic heterocycles. The Morgan fingerprint density at radius 2 is 0.675 bits per heavy atom. The molecule has 80 heavy (non-hydrogen) atoms. The van der Waals surface area contributed by atoms with Crippen molar-refractivity contribution in [3.63, 3.8) is 0 Å². The summed E-state index contributed by atoms with van der Waals surface area (Å²) in [4.78, 5) is 4.98. The van der Waals surface area contributed by atoms with E-state index in [9.17, 15) is 0 Å². The number of hydrogen-bond donors (Lipinski definition) is 0. The zero-order chi connectivity index (χ0) is 56.9. The molecule has 0 aliphatic heterocycles. The molecule has 0 radical (unpaired) electrons. The van der Waals surface area contributed by atoms with Crippen LogP contribution in [-0.2, 0) is 21.7 Å². The van der Waals surface area contributed by atoms with E-state index in [0.29, 0.717) is 0 Å². The minimum atomic E-state index is -0.143. The van der Waals surface area contributed by atoms with Gasteiger partial charge >= 0.3 is 0 Å². The molecule has 0 saturated heterocycles. The molecule has 0 fully saturated rings. The lowest BCUT2D eigenvalue weighted by molar-refractivity contribution is 0.558. The largest absolute Gasteiger partial charge is 0.454 e. The molecule has 4 nitrogen and oxygen atoms in total. The van der Waals surface area contributed by atoms with Crippen LogP contribution >= 0.6 is 0 Å². The molecule has 12 aromatic rings. The number of anilines is 6. The summed E-state index contributed by atoms with van der Waals surface area (Å²) in [7, 11) is 0. The van der Waals surface area contributed by atoms with Crippen LogP contribution < -0.4 is 9.80 Å². The first-order valence-corrected chi connectivity index (χ1v) is 29.2. The Hall–Kier alpha value is -7.56. The molecule has 2 heterocycles. The van der Waals surface area contributed by atoms with Crippen molar-refractivity contribution in [3.8, 4) is 0 Å². The fraction of sp³-hybridized carbons (Fsp3) is 0.316. The number of fused-ring (bicyclic) bond motifs is 6. The minimum absolute atomic E-state index is 0.0435. The number of hydrogen-bond acceptors (Lipinski definition) is 4. The lowest BCUT2D eigenvalue weighted by Gasteiger charge is -2.31. The Morgan fingerprint density at radius 3 is 1.00 bits per heavy atom. The minimum Gasteiger partial charge on any atom is -0.454 e. The lowest BCUT2D eigenvalue weighted by Crippen LogP contribution is -2.16. The van der Waals surface area contributed by atoms with Gasteiger partial charge in [-0.25, -0.2) is 0 Å². The normalized spacial score (nSPS) is 13.1. The maximum Gasteiger partial charge on any atom is 0.159 e. The summed E-state index contributed by atoms with van der Waals surface area (Å²) >= 11 is 0. The molecule has 0 saturated carbocycles. The van der Waals surface area contributed by atoms with Crippen molar-refractivity contribution < 1.29 is 8.83 Å². The summed E-state index contributed by atoms with van der Waals surface area (Å²) in [5.41, 5.74) is 19.9. The highest BCUT2D eigenvalue weighted by Crippen LogP contribution is 2.54. The molecule has 0 atom stereocenters. The van der Waals surface area contributed by atoms with Crippen molar-refractivity contribution in [2.75, 3.05) is 9.80 Å². The highest BCUT2D eigenvalue weighted by atomic mass is 16.3. The Labute approximate surface area is 474 Å². The average molecular weight is 1050 g/mol. The van der Waals surface area contributed by atoms with Gasteiger partial charge in [0.15, 0.2) is 11.2 Å². The maximum absolute atomic E-state index is 7.37. The summed E-state index contributed by atoms with van der Waals surface area (Å²) in [5.74, 6) is 0.446. The van der Waals surface area contributed by atoms with Gasteiger partial charge in [-0.1, -0.05) is 207 Å². The van der Waals surface area contributed by atoms with Crippen LogP contribution in [0, 0.1) is 13.8 Å². The summed E-state index contributed by atoms with van der Waals surface area (Å²) < 4.78 is 14.7. The van der Waals surface area contributed by atoms with Crippen LogP contribution in [0.4, 0.5) is 34.1 Å². The molecule has 0 amide bonds. The van der Waals surface area contributed by atoms with Gasteiger partial charge in [-0.05, 0) is 152 Å². The Kier molecular flexibility index (Phi) is 12.3. The molecule has 0 aliphatic carbocycles. The van der Waals surface area contributed by atoms with E-state index in [1.54, 1.807) is 0 Å². The third-order valence-corrected chi connectivity index (χ3v) is 17.2. The van der Waals surface area contributed by atoms with Gasteiger partial charge in [0.05, 0.1) is 22.7 Å². The molecule has 0 spiro atoms. The van der Waals surface area contributed by atoms with E-state index < -0.39 is 0 Å². The first kappa shape index (κ1) is 53.1. The van der Waals surface area contributed by atoms with Crippen molar-refractivity contribution in [2.24, 2.45) is 0 Å². The maximum atomic E-state index is 7.37. The summed E-state index contributed by atoms with van der Waals surface area (Å²) in [6.45, 7) is 41.4. The summed E-state index contributed by atoms with van der Waals surface area (Å²) in [6.07, 6.45) is 0. The standard InChI is InChI=1S/C76H80N2O2/c1-43(2)57-41-65(77(49-29-25-45(5)26-30-49)63-23-19-21-53-59-37-47(73(7,8)9)39-61(75(13,14)15)69(59)79-71(53)63)55-36-34-52-58(44(3)4)42-66(56-35-33-51(57)67(55)68(52)56)78(50-31-27-46(6)28-32-50)64-24-20-22-54-60-38-48(74(10,11)12)40-62(76(16,17)18)70(60)80-72(54)64/h19-44H,1-18H3. The van der Waals surface area contributed by atoms with Gasteiger partial charge in [0.2, 0.25) is 0 Å². The number of nitrogens with zero attached hydrogens (tertiary/aromatic N) is 2. The predicted octanol–water partition coefficient (Wildman–Crippen LogP) is 23.4. The number of furan rings is 2. The van der Waals surface area contributed by atoms with Crippen molar-refractivity contribution in [2.45, 2.75) is 158 Å². The molecular weight excluding hydrogens is 973 g/mol. The van der Waals surface area contributed by atoms with E-state index in [4.69, 9.17) is 8.83 Å². The SMILES string of the molecule is Cc1ccc(N(c2cc(C(C)C)c3ccc4c(N(c5ccc(C)cc5)c5cccc6c5oc5c(C(C)(C)C)cc(C(C)(C)C)cc56)cc(C(C)C)c5ccc2c3c54)c2cccc3c2oc2c(C(C)(C)C)cc(C(C)(C)C)cc23)cc1. The van der Waals surface area contributed by atoms with Gasteiger partial charge in [-0.15, -0.1) is 0 Å². The molecule has 0 unspecified atom stereocenters. The molecule has 12 rings (SSSR count). The van der Waals surface area contributed by atoms with Crippen LogP contribution in [-0.4, -0.2) is 0 Å². The number of para-hydroxylation sites is 2. The Balaban J connectivity index is 1.19. The Morgan fingerprint density at radius 1 is 0.325 bits per heavy atom. The smallest absolute Gasteiger partial charge is 0.159 e. The second kappa shape index (κ2) is 18.5. The molecule has 0 N–H and O–H groups in total. The zero-order valence-electron chi connectivity index (χ0n) is 50.7. The van der Waals surface area contributed by atoms with Gasteiger partial charge in [-0.3, -0.25) is 0 Å². The fourth-order valence-electron chi connectivity index (χ4n) is 12.6. The van der Waals surface area contributed by atoms with Crippen molar-refractivity contribution >= 4 is 110 Å². The molecule has 406 valence electrons. The van der Waals surface area contributed by atoms with E-state index in [-0.39, 0.29) is 33.5 Å². The summed E-state index contributed by atoms with van der Waals surface area (Å²) in [5, 5.41) is 12.1. The van der Waals surface area contributed by atoms with E-state index in [1.165, 1.54) is 76.8 Å². The third-order valence-electron chi connectivity index (χ3n) is 17.2. The van der Waals surface area contributed by atoms with E-state index in [2.05, 4.69) is 280 Å². The van der Waals surface area contributed by atoms with E-state index in [0.717, 1.165) is 78.0 Å². The predicted molar refractivity (Wildman–Crippen MR) is 347 cm³/mol. The van der Waals surface area contributed by atoms with Crippen molar-refractivity contribution in [1.82, 2.24) is 0 Å². The van der Waals surface area contributed by atoms with Gasteiger partial charge < -0.3 is 18.6 Å². The van der Waals surface area contributed by atoms with Crippen LogP contribution in [0.5, 0.6) is 0 Å². The molecular formula is C76H80N2O2. The zero-order valence-corrected chi connectivity index (χ0v) is 50.7. The number of rotatable bonds is 8. The van der Waals surface area contributed by atoms with Gasteiger partial charge in [0.1, 0.15) is 11.2 Å². The summed E-state index contributed by atoms with van der Waals surface area (Å²) in [6, 6.07) is 55.7. The van der Waals surface area contributed by atoms with Crippen LogP contribution in [0.1, 0.15) is 167 Å². The molecule has 4 heteroatoms. The average Bonchev–Trinajstić information content (AvgIpc) is 4.01. The topological polar surface area (TPSA) is 32.8 Å². The van der Waals surface area contributed by atoms with Crippen molar-refractivity contribution in [3.05, 3.63) is 190 Å². The molecule has 0 bridgehead atoms. The molecule has 10 aromatic carbocycles. The van der Waals surface area contributed by atoms with Crippen molar-refractivity contribution in [1.29, 1.82) is 0 Å². The second-order valence-corrected chi connectivity index (χ2v) is 28.0.